The molecule has 1 saturated heterocycles. The van der Waals surface area contributed by atoms with Gasteiger partial charge in [-0.25, -0.2) is 0 Å². The summed E-state index contributed by atoms with van der Waals surface area (Å²) in [6.07, 6.45) is 1.40. The van der Waals surface area contributed by atoms with Gasteiger partial charge in [0.15, 0.2) is 0 Å². The second-order valence-corrected chi connectivity index (χ2v) is 3.23. The summed E-state index contributed by atoms with van der Waals surface area (Å²) in [4.78, 5) is 2.38. The fraction of sp³-hybridized carbons (Fsp3) is 1.00. The first-order valence-electron chi connectivity index (χ1n) is 4.38. The zero-order valence-electron chi connectivity index (χ0n) is 8.26. The van der Waals surface area contributed by atoms with Crippen LogP contribution in [0.1, 0.15) is 20.3 Å². The zero-order chi connectivity index (χ0) is 8.69. The fourth-order valence-corrected chi connectivity index (χ4v) is 1.16. The number of hydrogen-bond acceptors (Lipinski definition) is 2. The summed E-state index contributed by atoms with van der Waals surface area (Å²) in [5.41, 5.74) is 0. The molecule has 1 atom stereocenters. The Morgan fingerprint density at radius 1 is 1.55 bits per heavy atom. The smallest absolute Gasteiger partial charge is 0.0433 e. The van der Waals surface area contributed by atoms with Crippen molar-refractivity contribution in [3.63, 3.8) is 0 Å². The zero-order valence-corrected chi connectivity index (χ0v) is 8.26. The fourth-order valence-electron chi connectivity index (χ4n) is 1.16. The van der Waals surface area contributed by atoms with Crippen LogP contribution in [0.3, 0.4) is 0 Å². The number of methoxy groups -OCH3 is 1. The van der Waals surface area contributed by atoms with E-state index in [4.69, 9.17) is 0 Å². The molecule has 0 spiro atoms. The molecular weight excluding hydrogens is 138 g/mol. The average molecular weight is 159 g/mol. The molecule has 0 aromatic carbocycles. The summed E-state index contributed by atoms with van der Waals surface area (Å²) in [6.45, 7) is 7.70. The first-order chi connectivity index (χ1) is 5.20. The van der Waals surface area contributed by atoms with Gasteiger partial charge >= 0.3 is 0 Å². The van der Waals surface area contributed by atoms with Gasteiger partial charge in [-0.2, -0.15) is 0 Å². The lowest BCUT2D eigenvalue weighted by Crippen LogP contribution is -2.12. The Morgan fingerprint density at radius 3 is 2.18 bits per heavy atom. The maximum atomic E-state index is 4.54. The summed E-state index contributed by atoms with van der Waals surface area (Å²) in [6, 6.07) is 0. The molecule has 68 valence electrons. The highest BCUT2D eigenvalue weighted by Crippen LogP contribution is 2.11. The van der Waals surface area contributed by atoms with E-state index in [0.717, 1.165) is 12.5 Å². The van der Waals surface area contributed by atoms with Crippen molar-refractivity contribution in [3.8, 4) is 0 Å². The molecular formula is C9H21NO. The molecule has 11 heavy (non-hydrogen) atoms. The van der Waals surface area contributed by atoms with E-state index < -0.39 is 0 Å². The third-order valence-corrected chi connectivity index (χ3v) is 1.92. The average Bonchev–Trinajstić information content (AvgIpc) is 2.35. The molecule has 0 N–H and O–H groups in total. The molecule has 0 aliphatic carbocycles. The molecule has 0 radical (unpaired) electrons. The van der Waals surface area contributed by atoms with Gasteiger partial charge < -0.3 is 9.64 Å². The lowest BCUT2D eigenvalue weighted by molar-refractivity contribution is 0.215. The quantitative estimate of drug-likeness (QED) is 0.576. The number of nitrogens with zero attached hydrogens (tertiary/aromatic N) is 1. The SMILES string of the molecule is CCOC.C[C@@H]1CCN(C)C1. The van der Waals surface area contributed by atoms with E-state index in [9.17, 15) is 0 Å². The van der Waals surface area contributed by atoms with Gasteiger partial charge in [0.1, 0.15) is 0 Å². The van der Waals surface area contributed by atoms with Crippen LogP contribution in [0, 0.1) is 5.92 Å². The summed E-state index contributed by atoms with van der Waals surface area (Å²) in [5, 5.41) is 0. The van der Waals surface area contributed by atoms with Gasteiger partial charge in [0.2, 0.25) is 0 Å². The molecule has 2 nitrogen and oxygen atoms in total. The van der Waals surface area contributed by atoms with Crippen LogP contribution >= 0.6 is 0 Å². The number of hydrogen-bond donors (Lipinski definition) is 0. The van der Waals surface area contributed by atoms with E-state index >= 15 is 0 Å². The minimum absolute atomic E-state index is 0.819. The highest BCUT2D eigenvalue weighted by Gasteiger charge is 2.13. The largest absolute Gasteiger partial charge is 0.385 e. The summed E-state index contributed by atoms with van der Waals surface area (Å²) < 4.78 is 4.54. The minimum atomic E-state index is 0.819. The third-order valence-electron chi connectivity index (χ3n) is 1.92. The van der Waals surface area contributed by atoms with E-state index in [-0.39, 0.29) is 0 Å². The topological polar surface area (TPSA) is 12.5 Å². The molecule has 1 heterocycles. The van der Waals surface area contributed by atoms with Gasteiger partial charge in [-0.15, -0.1) is 0 Å². The van der Waals surface area contributed by atoms with Gasteiger partial charge in [0, 0.05) is 20.3 Å². The van der Waals surface area contributed by atoms with Crippen LogP contribution < -0.4 is 0 Å². The number of rotatable bonds is 1. The Kier molecular flexibility index (Phi) is 6.57. The van der Waals surface area contributed by atoms with Gasteiger partial charge in [0.05, 0.1) is 0 Å². The van der Waals surface area contributed by atoms with Gasteiger partial charge in [0.25, 0.3) is 0 Å². The van der Waals surface area contributed by atoms with Crippen molar-refractivity contribution in [2.24, 2.45) is 5.92 Å². The monoisotopic (exact) mass is 159 g/mol. The summed E-state index contributed by atoms with van der Waals surface area (Å²) in [5.74, 6) is 0.949. The highest BCUT2D eigenvalue weighted by molar-refractivity contribution is 4.67. The van der Waals surface area contributed by atoms with Crippen LogP contribution in [0.4, 0.5) is 0 Å². The van der Waals surface area contributed by atoms with Crippen molar-refractivity contribution < 1.29 is 4.74 Å². The first kappa shape index (κ1) is 10.9. The Morgan fingerprint density at radius 2 is 2.09 bits per heavy atom. The molecule has 0 unspecified atom stereocenters. The molecule has 2 heteroatoms. The van der Waals surface area contributed by atoms with E-state index in [1.54, 1.807) is 7.11 Å². The molecule has 1 fully saturated rings. The molecule has 1 aliphatic heterocycles. The molecule has 0 aromatic rings. The molecule has 1 rings (SSSR count). The van der Waals surface area contributed by atoms with Crippen LogP contribution in [-0.4, -0.2) is 38.8 Å². The van der Waals surface area contributed by atoms with Crippen molar-refractivity contribution >= 4 is 0 Å². The first-order valence-corrected chi connectivity index (χ1v) is 4.38. The van der Waals surface area contributed by atoms with E-state index in [2.05, 4.69) is 23.6 Å². The van der Waals surface area contributed by atoms with Gasteiger partial charge in [-0.1, -0.05) is 6.92 Å². The maximum Gasteiger partial charge on any atom is 0.0433 e. The van der Waals surface area contributed by atoms with E-state index in [1.807, 2.05) is 6.92 Å². The highest BCUT2D eigenvalue weighted by atomic mass is 16.5. The van der Waals surface area contributed by atoms with Crippen LogP contribution in [0.15, 0.2) is 0 Å². The predicted molar refractivity (Wildman–Crippen MR) is 48.8 cm³/mol. The molecule has 0 aromatic heterocycles. The second-order valence-electron chi connectivity index (χ2n) is 3.23. The Bertz CT molecular complexity index is 75.6. The summed E-state index contributed by atoms with van der Waals surface area (Å²) in [7, 11) is 3.86. The van der Waals surface area contributed by atoms with Crippen molar-refractivity contribution in [2.45, 2.75) is 20.3 Å². The second kappa shape index (κ2) is 6.62. The lowest BCUT2D eigenvalue weighted by atomic mass is 10.2. The standard InChI is InChI=1S/C6H13N.C3H8O/c1-6-3-4-7(2)5-6;1-3-4-2/h6H,3-5H2,1-2H3;3H2,1-2H3/t6-;/m1./s1. The summed E-state index contributed by atoms with van der Waals surface area (Å²) >= 11 is 0. The molecule has 0 bridgehead atoms. The van der Waals surface area contributed by atoms with Crippen LogP contribution in [0.2, 0.25) is 0 Å². The minimum Gasteiger partial charge on any atom is -0.385 e. The van der Waals surface area contributed by atoms with Crippen LogP contribution in [0.25, 0.3) is 0 Å². The number of ether oxygens (including phenoxy) is 1. The van der Waals surface area contributed by atoms with Crippen molar-refractivity contribution in [1.82, 2.24) is 4.90 Å². The normalized spacial score (nSPS) is 24.5. The van der Waals surface area contributed by atoms with Crippen molar-refractivity contribution in [1.29, 1.82) is 0 Å². The molecule has 0 saturated carbocycles. The Balaban J connectivity index is 0.000000218. The lowest BCUT2D eigenvalue weighted by Gasteiger charge is -2.03. The van der Waals surface area contributed by atoms with Gasteiger partial charge in [-0.3, -0.25) is 0 Å². The molecule has 0 amide bonds. The van der Waals surface area contributed by atoms with Crippen molar-refractivity contribution in [2.75, 3.05) is 33.9 Å². The van der Waals surface area contributed by atoms with Crippen molar-refractivity contribution in [3.05, 3.63) is 0 Å². The number of likely N-dealkylation sites (tertiary alicyclic amines) is 1. The molecule has 1 aliphatic rings. The Labute approximate surface area is 70.5 Å². The van der Waals surface area contributed by atoms with E-state index in [0.29, 0.717) is 0 Å². The van der Waals surface area contributed by atoms with Crippen LogP contribution in [0.5, 0.6) is 0 Å². The van der Waals surface area contributed by atoms with Crippen LogP contribution in [-0.2, 0) is 4.74 Å². The van der Waals surface area contributed by atoms with E-state index in [1.165, 1.54) is 19.5 Å². The predicted octanol–water partition coefficient (Wildman–Crippen LogP) is 1.61. The maximum absolute atomic E-state index is 4.54. The third kappa shape index (κ3) is 6.32. The Hall–Kier alpha value is -0.0800. The van der Waals surface area contributed by atoms with Gasteiger partial charge in [-0.05, 0) is 32.9 Å².